The molecular formula is C19H19NO2. The molecule has 0 saturated carbocycles. The monoisotopic (exact) mass is 293 g/mol. The van der Waals surface area contributed by atoms with Crippen molar-refractivity contribution < 1.29 is 9.59 Å². The zero-order chi connectivity index (χ0) is 16.1. The number of anilines is 1. The lowest BCUT2D eigenvalue weighted by molar-refractivity contribution is 0.0979. The van der Waals surface area contributed by atoms with Gasteiger partial charge >= 0.3 is 0 Å². The third-order valence-electron chi connectivity index (χ3n) is 4.30. The van der Waals surface area contributed by atoms with Gasteiger partial charge in [0.2, 0.25) is 0 Å². The fourth-order valence-corrected chi connectivity index (χ4v) is 2.68. The molecule has 2 aromatic rings. The first-order chi connectivity index (χ1) is 10.3. The molecule has 0 unspecified atom stereocenters. The largest absolute Gasteiger partial charge is 0.370 e. The fraction of sp³-hybridized carbons (Fsp3) is 0.263. The number of hydrogen-bond acceptors (Lipinski definition) is 3. The summed E-state index contributed by atoms with van der Waals surface area (Å²) in [6.45, 7) is 6.32. The zero-order valence-corrected chi connectivity index (χ0v) is 13.3. The van der Waals surface area contributed by atoms with Gasteiger partial charge < -0.3 is 4.90 Å². The highest BCUT2D eigenvalue weighted by Gasteiger charge is 2.30. The first-order valence-electron chi connectivity index (χ1n) is 7.37. The summed E-state index contributed by atoms with van der Waals surface area (Å²) in [6.07, 6.45) is 0. The van der Waals surface area contributed by atoms with E-state index in [1.54, 1.807) is 30.3 Å². The maximum atomic E-state index is 12.7. The van der Waals surface area contributed by atoms with Crippen LogP contribution >= 0.6 is 0 Å². The van der Waals surface area contributed by atoms with Crippen LogP contribution in [0.1, 0.15) is 52.6 Å². The highest BCUT2D eigenvalue weighted by molar-refractivity contribution is 6.28. The Morgan fingerprint density at radius 3 is 1.82 bits per heavy atom. The van der Waals surface area contributed by atoms with Crippen molar-refractivity contribution in [3.63, 3.8) is 0 Å². The molecule has 0 fully saturated rings. The average molecular weight is 293 g/mol. The molecule has 1 aliphatic carbocycles. The normalized spacial score (nSPS) is 13.6. The number of fused-ring (bicyclic) bond motifs is 2. The van der Waals surface area contributed by atoms with Crippen molar-refractivity contribution in [2.75, 3.05) is 11.9 Å². The molecule has 22 heavy (non-hydrogen) atoms. The van der Waals surface area contributed by atoms with Crippen LogP contribution in [0.4, 0.5) is 5.69 Å². The average Bonchev–Trinajstić information content (AvgIpc) is 2.50. The Labute approximate surface area is 130 Å². The topological polar surface area (TPSA) is 37.4 Å². The Hall–Kier alpha value is -2.42. The summed E-state index contributed by atoms with van der Waals surface area (Å²) in [6, 6.07) is 12.5. The maximum Gasteiger partial charge on any atom is 0.194 e. The maximum absolute atomic E-state index is 12.7. The van der Waals surface area contributed by atoms with Crippen LogP contribution in [0, 0.1) is 0 Å². The molecule has 0 aromatic heterocycles. The zero-order valence-electron chi connectivity index (χ0n) is 13.3. The lowest BCUT2D eigenvalue weighted by atomic mass is 9.84. The summed E-state index contributed by atoms with van der Waals surface area (Å²) >= 11 is 0. The number of rotatable bonds is 1. The van der Waals surface area contributed by atoms with E-state index in [2.05, 4.69) is 25.7 Å². The molecule has 0 N–H and O–H groups in total. The molecule has 0 bridgehead atoms. The van der Waals surface area contributed by atoms with E-state index in [0.29, 0.717) is 22.3 Å². The molecule has 0 amide bonds. The summed E-state index contributed by atoms with van der Waals surface area (Å²) in [7, 11) is 1.99. The van der Waals surface area contributed by atoms with E-state index in [9.17, 15) is 9.59 Å². The van der Waals surface area contributed by atoms with E-state index in [0.717, 1.165) is 5.69 Å². The first-order valence-corrected chi connectivity index (χ1v) is 7.37. The molecule has 112 valence electrons. The van der Waals surface area contributed by atoms with Crippen LogP contribution in [0.2, 0.25) is 0 Å². The quantitative estimate of drug-likeness (QED) is 0.686. The van der Waals surface area contributed by atoms with Crippen molar-refractivity contribution in [3.05, 3.63) is 64.7 Å². The summed E-state index contributed by atoms with van der Waals surface area (Å²) in [5, 5.41) is 0. The molecule has 0 atom stereocenters. The van der Waals surface area contributed by atoms with E-state index in [1.165, 1.54) is 0 Å². The van der Waals surface area contributed by atoms with Gasteiger partial charge in [-0.3, -0.25) is 9.59 Å². The van der Waals surface area contributed by atoms with Crippen LogP contribution in [0.25, 0.3) is 0 Å². The number of ketones is 2. The number of nitrogens with zero attached hydrogens (tertiary/aromatic N) is 1. The van der Waals surface area contributed by atoms with Crippen molar-refractivity contribution in [2.45, 2.75) is 26.3 Å². The number of carbonyl (C=O) groups excluding carboxylic acids is 2. The van der Waals surface area contributed by atoms with Gasteiger partial charge in [-0.15, -0.1) is 0 Å². The van der Waals surface area contributed by atoms with Crippen LogP contribution in [-0.2, 0) is 0 Å². The summed E-state index contributed by atoms with van der Waals surface area (Å²) in [4.78, 5) is 27.4. The number of benzene rings is 2. The van der Waals surface area contributed by atoms with E-state index in [4.69, 9.17) is 0 Å². The predicted octanol–water partition coefficient (Wildman–Crippen LogP) is 3.70. The SMILES string of the molecule is CN(c1ccc2c(c1)C(=O)c1ccccc1C2=O)C(C)(C)C. The molecule has 3 heteroatoms. The van der Waals surface area contributed by atoms with E-state index in [-0.39, 0.29) is 17.1 Å². The number of carbonyl (C=O) groups is 2. The van der Waals surface area contributed by atoms with Gasteiger partial charge in [0.25, 0.3) is 0 Å². The summed E-state index contributed by atoms with van der Waals surface area (Å²) in [5.41, 5.74) is 2.86. The molecule has 3 nitrogen and oxygen atoms in total. The van der Waals surface area contributed by atoms with Gasteiger partial charge in [-0.2, -0.15) is 0 Å². The second-order valence-electron chi connectivity index (χ2n) is 6.66. The molecule has 0 heterocycles. The van der Waals surface area contributed by atoms with E-state index >= 15 is 0 Å². The Bertz CT molecular complexity index is 784. The lowest BCUT2D eigenvalue weighted by Gasteiger charge is -2.34. The summed E-state index contributed by atoms with van der Waals surface area (Å²) < 4.78 is 0. The highest BCUT2D eigenvalue weighted by atomic mass is 16.1. The van der Waals surface area contributed by atoms with Gasteiger partial charge in [0.05, 0.1) is 0 Å². The number of hydrogen-bond donors (Lipinski definition) is 0. The van der Waals surface area contributed by atoms with Gasteiger partial charge in [0, 0.05) is 40.5 Å². The van der Waals surface area contributed by atoms with Gasteiger partial charge in [-0.1, -0.05) is 24.3 Å². The van der Waals surface area contributed by atoms with Crippen molar-refractivity contribution >= 4 is 17.3 Å². The Kier molecular flexibility index (Phi) is 3.17. The molecule has 0 spiro atoms. The van der Waals surface area contributed by atoms with E-state index in [1.807, 2.05) is 19.2 Å². The molecule has 0 aliphatic heterocycles. The molecule has 1 aliphatic rings. The smallest absolute Gasteiger partial charge is 0.194 e. The molecule has 0 radical (unpaired) electrons. The van der Waals surface area contributed by atoms with Crippen molar-refractivity contribution in [1.82, 2.24) is 0 Å². The van der Waals surface area contributed by atoms with Gasteiger partial charge in [-0.25, -0.2) is 0 Å². The minimum Gasteiger partial charge on any atom is -0.370 e. The van der Waals surface area contributed by atoms with Gasteiger partial charge in [0.1, 0.15) is 0 Å². The Morgan fingerprint density at radius 1 is 0.773 bits per heavy atom. The second-order valence-corrected chi connectivity index (χ2v) is 6.66. The minimum absolute atomic E-state index is 0.0616. The van der Waals surface area contributed by atoms with Gasteiger partial charge in [0.15, 0.2) is 11.6 Å². The van der Waals surface area contributed by atoms with Crippen LogP contribution in [-0.4, -0.2) is 24.2 Å². The molecular weight excluding hydrogens is 274 g/mol. The Balaban J connectivity index is 2.14. The van der Waals surface area contributed by atoms with Crippen LogP contribution in [0.15, 0.2) is 42.5 Å². The molecule has 0 saturated heterocycles. The second kappa shape index (κ2) is 4.80. The fourth-order valence-electron chi connectivity index (χ4n) is 2.68. The van der Waals surface area contributed by atoms with Crippen molar-refractivity contribution in [2.24, 2.45) is 0 Å². The molecule has 3 rings (SSSR count). The van der Waals surface area contributed by atoms with Crippen molar-refractivity contribution in [1.29, 1.82) is 0 Å². The molecule has 2 aromatic carbocycles. The van der Waals surface area contributed by atoms with Crippen LogP contribution < -0.4 is 4.90 Å². The van der Waals surface area contributed by atoms with Crippen molar-refractivity contribution in [3.8, 4) is 0 Å². The first kappa shape index (κ1) is 14.5. The third kappa shape index (κ3) is 2.13. The third-order valence-corrected chi connectivity index (χ3v) is 4.30. The standard InChI is InChI=1S/C19H19NO2/c1-19(2,3)20(4)12-9-10-15-16(11-12)18(22)14-8-6-5-7-13(14)17(15)21/h5-11H,1-4H3. The highest BCUT2D eigenvalue weighted by Crippen LogP contribution is 2.31. The van der Waals surface area contributed by atoms with Gasteiger partial charge in [-0.05, 0) is 39.0 Å². The minimum atomic E-state index is -0.0747. The van der Waals surface area contributed by atoms with Crippen LogP contribution in [0.3, 0.4) is 0 Å². The summed E-state index contributed by atoms with van der Waals surface area (Å²) in [5.74, 6) is -0.149. The van der Waals surface area contributed by atoms with Crippen LogP contribution in [0.5, 0.6) is 0 Å². The van der Waals surface area contributed by atoms with E-state index < -0.39 is 0 Å². The predicted molar refractivity (Wildman–Crippen MR) is 87.9 cm³/mol. The Morgan fingerprint density at radius 2 is 1.27 bits per heavy atom. The lowest BCUT2D eigenvalue weighted by Crippen LogP contribution is -2.38.